The number of benzene rings is 2. The third-order valence-electron chi connectivity index (χ3n) is 4.60. The van der Waals surface area contributed by atoms with Crippen molar-refractivity contribution in [2.24, 2.45) is 0 Å². The molecule has 2 aromatic rings. The van der Waals surface area contributed by atoms with Gasteiger partial charge in [0.1, 0.15) is 0 Å². The second kappa shape index (κ2) is 9.57. The van der Waals surface area contributed by atoms with E-state index in [0.717, 1.165) is 37.6 Å². The van der Waals surface area contributed by atoms with Crippen molar-refractivity contribution >= 4 is 34.8 Å². The fraction of sp³-hybridized carbons (Fsp3) is 0.333. The van der Waals surface area contributed by atoms with E-state index >= 15 is 0 Å². The molecule has 1 N–H and O–H groups in total. The molecule has 0 radical (unpaired) electrons. The fourth-order valence-electron chi connectivity index (χ4n) is 2.99. The number of hydrogen-bond acceptors (Lipinski definition) is 4. The number of anilines is 2. The Balaban J connectivity index is 1.48. The number of nitrogens with one attached hydrogen (secondary N) is 1. The summed E-state index contributed by atoms with van der Waals surface area (Å²) in [5.74, 6) is -0.355. The third kappa shape index (κ3) is 5.71. The molecule has 0 aromatic heterocycles. The maximum Gasteiger partial charge on any atom is 0.243 e. The number of halogens is 1. The van der Waals surface area contributed by atoms with E-state index in [4.69, 9.17) is 16.3 Å². The lowest BCUT2D eigenvalue weighted by molar-refractivity contribution is -0.132. The van der Waals surface area contributed by atoms with Crippen molar-refractivity contribution in [1.29, 1.82) is 0 Å². The summed E-state index contributed by atoms with van der Waals surface area (Å²) >= 11 is 5.85. The van der Waals surface area contributed by atoms with Crippen molar-refractivity contribution in [2.45, 2.75) is 6.42 Å². The molecule has 3 rings (SSSR count). The molecular formula is C21H24ClN3O3. The molecule has 0 aliphatic carbocycles. The van der Waals surface area contributed by atoms with Crippen LogP contribution >= 0.6 is 11.6 Å². The van der Waals surface area contributed by atoms with Gasteiger partial charge in [0.25, 0.3) is 0 Å². The van der Waals surface area contributed by atoms with Crippen LogP contribution in [0.5, 0.6) is 0 Å². The maximum atomic E-state index is 12.3. The molecule has 6 nitrogen and oxygen atoms in total. The molecule has 2 amide bonds. The molecule has 2 aromatic carbocycles. The molecule has 1 aliphatic heterocycles. The summed E-state index contributed by atoms with van der Waals surface area (Å²) in [7, 11) is 1.62. The van der Waals surface area contributed by atoms with Crippen molar-refractivity contribution in [3.63, 3.8) is 0 Å². The van der Waals surface area contributed by atoms with Gasteiger partial charge in [-0.25, -0.2) is 0 Å². The summed E-state index contributed by atoms with van der Waals surface area (Å²) in [4.78, 5) is 28.2. The number of rotatable bonds is 6. The molecule has 0 bridgehead atoms. The Kier molecular flexibility index (Phi) is 6.90. The molecule has 0 saturated carbocycles. The molecule has 28 heavy (non-hydrogen) atoms. The standard InChI is InChI=1S/C21H24ClN3O3/c1-24(21(27)14-16-2-4-17(22)5-3-16)15-20(26)23-18-6-8-19(9-7-18)25-10-12-28-13-11-25/h2-9H,10-15H2,1H3,(H,23,26). The monoisotopic (exact) mass is 401 g/mol. The minimum Gasteiger partial charge on any atom is -0.378 e. The van der Waals surface area contributed by atoms with Gasteiger partial charge in [0.15, 0.2) is 0 Å². The normalized spacial score (nSPS) is 13.9. The van der Waals surface area contributed by atoms with Gasteiger partial charge < -0.3 is 19.9 Å². The number of ether oxygens (including phenoxy) is 1. The van der Waals surface area contributed by atoms with Crippen LogP contribution in [0.2, 0.25) is 5.02 Å². The van der Waals surface area contributed by atoms with Gasteiger partial charge >= 0.3 is 0 Å². The van der Waals surface area contributed by atoms with Gasteiger partial charge in [-0.05, 0) is 42.0 Å². The van der Waals surface area contributed by atoms with Gasteiger partial charge in [0.2, 0.25) is 11.8 Å². The number of hydrogen-bond donors (Lipinski definition) is 1. The molecule has 0 unspecified atom stereocenters. The van der Waals surface area contributed by atoms with Crippen LogP contribution in [-0.2, 0) is 20.7 Å². The predicted molar refractivity (Wildman–Crippen MR) is 111 cm³/mol. The van der Waals surface area contributed by atoms with Crippen molar-refractivity contribution in [1.82, 2.24) is 4.90 Å². The smallest absolute Gasteiger partial charge is 0.243 e. The lowest BCUT2D eigenvalue weighted by Gasteiger charge is -2.28. The number of carbonyl (C=O) groups excluding carboxylic acids is 2. The largest absolute Gasteiger partial charge is 0.378 e. The molecule has 148 valence electrons. The zero-order valence-electron chi connectivity index (χ0n) is 15.9. The quantitative estimate of drug-likeness (QED) is 0.808. The average molecular weight is 402 g/mol. The van der Waals surface area contributed by atoms with Crippen LogP contribution in [0, 0.1) is 0 Å². The predicted octanol–water partition coefficient (Wildman–Crippen LogP) is 2.82. The highest BCUT2D eigenvalue weighted by atomic mass is 35.5. The average Bonchev–Trinajstić information content (AvgIpc) is 2.71. The van der Waals surface area contributed by atoms with Crippen molar-refractivity contribution in [3.8, 4) is 0 Å². The second-order valence-corrected chi connectivity index (χ2v) is 7.18. The highest BCUT2D eigenvalue weighted by molar-refractivity contribution is 6.30. The Morgan fingerprint density at radius 1 is 1.07 bits per heavy atom. The molecule has 0 spiro atoms. The highest BCUT2D eigenvalue weighted by Gasteiger charge is 2.14. The van der Waals surface area contributed by atoms with Crippen LogP contribution in [0.1, 0.15) is 5.56 Å². The van der Waals surface area contributed by atoms with E-state index < -0.39 is 0 Å². The lowest BCUT2D eigenvalue weighted by Crippen LogP contribution is -2.36. The minimum atomic E-state index is -0.230. The summed E-state index contributed by atoms with van der Waals surface area (Å²) in [5.41, 5.74) is 2.68. The summed E-state index contributed by atoms with van der Waals surface area (Å²) < 4.78 is 5.36. The third-order valence-corrected chi connectivity index (χ3v) is 4.85. The SMILES string of the molecule is CN(CC(=O)Nc1ccc(N2CCOCC2)cc1)C(=O)Cc1ccc(Cl)cc1. The molecule has 0 atom stereocenters. The molecule has 1 aliphatic rings. The number of carbonyl (C=O) groups is 2. The molecule has 7 heteroatoms. The summed E-state index contributed by atoms with van der Waals surface area (Å²) in [6.07, 6.45) is 0.231. The molecule has 1 saturated heterocycles. The topological polar surface area (TPSA) is 61.9 Å². The summed E-state index contributed by atoms with van der Waals surface area (Å²) in [6, 6.07) is 14.8. The van der Waals surface area contributed by atoms with Gasteiger partial charge in [0.05, 0.1) is 26.2 Å². The Hall–Kier alpha value is -2.57. The van der Waals surface area contributed by atoms with Crippen LogP contribution in [0.25, 0.3) is 0 Å². The van der Waals surface area contributed by atoms with Gasteiger partial charge in [-0.3, -0.25) is 9.59 Å². The van der Waals surface area contributed by atoms with Crippen molar-refractivity contribution in [3.05, 3.63) is 59.1 Å². The number of amides is 2. The highest BCUT2D eigenvalue weighted by Crippen LogP contribution is 2.19. The van der Waals surface area contributed by atoms with Crippen molar-refractivity contribution < 1.29 is 14.3 Å². The Labute approximate surface area is 170 Å². The van der Waals surface area contributed by atoms with E-state index in [-0.39, 0.29) is 24.8 Å². The molecular weight excluding hydrogens is 378 g/mol. The summed E-state index contributed by atoms with van der Waals surface area (Å²) in [6.45, 7) is 3.19. The zero-order valence-corrected chi connectivity index (χ0v) is 16.6. The zero-order chi connectivity index (χ0) is 19.9. The van der Waals surface area contributed by atoms with E-state index in [2.05, 4.69) is 10.2 Å². The van der Waals surface area contributed by atoms with Crippen LogP contribution in [0.4, 0.5) is 11.4 Å². The number of nitrogens with zero attached hydrogens (tertiary/aromatic N) is 2. The first-order valence-corrected chi connectivity index (χ1v) is 9.60. The molecule has 1 fully saturated rings. The van der Waals surface area contributed by atoms with Gasteiger partial charge in [0, 0.05) is 36.5 Å². The van der Waals surface area contributed by atoms with Crippen LogP contribution in [0.3, 0.4) is 0 Å². The van der Waals surface area contributed by atoms with Crippen molar-refractivity contribution in [2.75, 3.05) is 50.1 Å². The fourth-order valence-corrected chi connectivity index (χ4v) is 3.12. The van der Waals surface area contributed by atoms with Gasteiger partial charge in [-0.2, -0.15) is 0 Å². The van der Waals surface area contributed by atoms with E-state index in [0.29, 0.717) is 10.7 Å². The van der Waals surface area contributed by atoms with Gasteiger partial charge in [-0.1, -0.05) is 23.7 Å². The van der Waals surface area contributed by atoms with Crippen LogP contribution in [-0.4, -0.2) is 56.6 Å². The molecule has 1 heterocycles. The first-order chi connectivity index (χ1) is 13.5. The number of likely N-dealkylation sites (N-methyl/N-ethyl adjacent to an activating group) is 1. The maximum absolute atomic E-state index is 12.3. The second-order valence-electron chi connectivity index (χ2n) is 6.75. The van der Waals surface area contributed by atoms with E-state index in [1.54, 1.807) is 19.2 Å². The van der Waals surface area contributed by atoms with Crippen LogP contribution in [0.15, 0.2) is 48.5 Å². The van der Waals surface area contributed by atoms with E-state index in [9.17, 15) is 9.59 Å². The Morgan fingerprint density at radius 3 is 2.36 bits per heavy atom. The first-order valence-electron chi connectivity index (χ1n) is 9.22. The Bertz CT molecular complexity index is 803. The summed E-state index contributed by atoms with van der Waals surface area (Å²) in [5, 5.41) is 3.46. The lowest BCUT2D eigenvalue weighted by atomic mass is 10.1. The number of morpholine rings is 1. The first kappa shape index (κ1) is 20.2. The van der Waals surface area contributed by atoms with E-state index in [1.807, 2.05) is 36.4 Å². The van der Waals surface area contributed by atoms with Gasteiger partial charge in [-0.15, -0.1) is 0 Å². The Morgan fingerprint density at radius 2 is 1.71 bits per heavy atom. The van der Waals surface area contributed by atoms with E-state index in [1.165, 1.54) is 4.90 Å². The minimum absolute atomic E-state index is 0.00234. The van der Waals surface area contributed by atoms with Crippen LogP contribution < -0.4 is 10.2 Å².